The minimum absolute atomic E-state index is 0.500. The predicted octanol–water partition coefficient (Wildman–Crippen LogP) is 2.40. The van der Waals surface area contributed by atoms with Gasteiger partial charge in [0.2, 0.25) is 5.82 Å². The summed E-state index contributed by atoms with van der Waals surface area (Å²) in [6, 6.07) is 1.25. The van der Waals surface area contributed by atoms with Gasteiger partial charge in [-0.25, -0.2) is 8.78 Å². The maximum atomic E-state index is 12.1. The first kappa shape index (κ1) is 10.7. The van der Waals surface area contributed by atoms with E-state index < -0.39 is 23.2 Å². The predicted molar refractivity (Wildman–Crippen MR) is 35.0 cm³/mol. The molecule has 1 N–H and O–H groups in total. The molecule has 1 aromatic rings. The Labute approximate surface area is 66.3 Å². The Bertz CT molecular complexity index is 235. The van der Waals surface area contributed by atoms with Gasteiger partial charge in [0.15, 0.2) is 17.4 Å². The standard InChI is InChI=1S/C6H3F3O.CH3F/c7-3-1-2-4(8)6(10)5(3)9;1-2/h1-2,10H;1H3. The molecule has 0 radical (unpaired) electrons. The van der Waals surface area contributed by atoms with Crippen LogP contribution in [0.2, 0.25) is 0 Å². The van der Waals surface area contributed by atoms with Crippen molar-refractivity contribution in [3.63, 3.8) is 0 Å². The van der Waals surface area contributed by atoms with Crippen LogP contribution < -0.4 is 0 Å². The maximum Gasteiger partial charge on any atom is 0.203 e. The number of aromatic hydroxyl groups is 1. The molecule has 0 aliphatic rings. The second kappa shape index (κ2) is 4.58. The number of phenolic OH excluding ortho intramolecular Hbond substituents is 1. The fourth-order valence-electron chi connectivity index (χ4n) is 0.516. The molecular weight excluding hydrogens is 176 g/mol. The molecule has 0 fully saturated rings. The summed E-state index contributed by atoms with van der Waals surface area (Å²) in [6.45, 7) is 0. The van der Waals surface area contributed by atoms with Gasteiger partial charge in [-0.05, 0) is 12.1 Å². The zero-order valence-electron chi connectivity index (χ0n) is 6.11. The lowest BCUT2D eigenvalue weighted by atomic mass is 10.3. The summed E-state index contributed by atoms with van der Waals surface area (Å²) in [7, 11) is 0.500. The van der Waals surface area contributed by atoms with Crippen LogP contribution in [0.1, 0.15) is 0 Å². The third-order valence-electron chi connectivity index (χ3n) is 1.02. The van der Waals surface area contributed by atoms with Gasteiger partial charge in [0.05, 0.1) is 7.18 Å². The van der Waals surface area contributed by atoms with Crippen LogP contribution in [-0.2, 0) is 0 Å². The molecule has 1 aromatic carbocycles. The first-order valence-electron chi connectivity index (χ1n) is 2.83. The van der Waals surface area contributed by atoms with Crippen molar-refractivity contribution in [2.45, 2.75) is 0 Å². The molecule has 1 nitrogen and oxygen atoms in total. The van der Waals surface area contributed by atoms with Crippen molar-refractivity contribution in [2.24, 2.45) is 0 Å². The number of hydrogen-bond acceptors (Lipinski definition) is 1. The van der Waals surface area contributed by atoms with E-state index in [1.165, 1.54) is 0 Å². The number of halogens is 4. The van der Waals surface area contributed by atoms with Gasteiger partial charge in [0.25, 0.3) is 0 Å². The van der Waals surface area contributed by atoms with E-state index in [1.54, 1.807) is 0 Å². The molecule has 0 aromatic heterocycles. The Kier molecular flexibility index (Phi) is 4.10. The fraction of sp³-hybridized carbons (Fsp3) is 0.143. The highest BCUT2D eigenvalue weighted by atomic mass is 19.2. The third kappa shape index (κ3) is 2.11. The molecule has 0 bridgehead atoms. The highest BCUT2D eigenvalue weighted by Crippen LogP contribution is 2.21. The molecule has 0 spiro atoms. The first-order valence-corrected chi connectivity index (χ1v) is 2.83. The molecule has 0 heterocycles. The molecule has 0 aliphatic heterocycles. The van der Waals surface area contributed by atoms with E-state index in [9.17, 15) is 17.6 Å². The lowest BCUT2D eigenvalue weighted by molar-refractivity contribution is 0.376. The van der Waals surface area contributed by atoms with Crippen LogP contribution in [0.15, 0.2) is 12.1 Å². The maximum absolute atomic E-state index is 12.1. The lowest BCUT2D eigenvalue weighted by Crippen LogP contribution is -1.86. The molecule has 0 atom stereocenters. The second-order valence-electron chi connectivity index (χ2n) is 1.69. The summed E-state index contributed by atoms with van der Waals surface area (Å²) in [5.74, 6) is -5.27. The van der Waals surface area contributed by atoms with E-state index in [-0.39, 0.29) is 0 Å². The Morgan fingerprint density at radius 2 is 1.42 bits per heavy atom. The Morgan fingerprint density at radius 3 is 1.83 bits per heavy atom. The van der Waals surface area contributed by atoms with Gasteiger partial charge in [0.1, 0.15) is 0 Å². The molecule has 12 heavy (non-hydrogen) atoms. The van der Waals surface area contributed by atoms with E-state index >= 15 is 0 Å². The molecule has 0 amide bonds. The van der Waals surface area contributed by atoms with Crippen molar-refractivity contribution in [3.05, 3.63) is 29.6 Å². The van der Waals surface area contributed by atoms with Crippen molar-refractivity contribution in [1.29, 1.82) is 0 Å². The van der Waals surface area contributed by atoms with Gasteiger partial charge in [-0.2, -0.15) is 4.39 Å². The number of rotatable bonds is 0. The highest BCUT2D eigenvalue weighted by Gasteiger charge is 2.10. The topological polar surface area (TPSA) is 20.2 Å². The average Bonchev–Trinajstić information content (AvgIpc) is 2.12. The smallest absolute Gasteiger partial charge is 0.203 e. The molecule has 0 saturated carbocycles. The van der Waals surface area contributed by atoms with E-state index in [0.29, 0.717) is 19.3 Å². The normalized spacial score (nSPS) is 8.75. The summed E-state index contributed by atoms with van der Waals surface area (Å²) in [4.78, 5) is 0. The SMILES string of the molecule is CF.Oc1c(F)ccc(F)c1F. The molecule has 0 unspecified atom stereocenters. The van der Waals surface area contributed by atoms with Crippen LogP contribution in [-0.4, -0.2) is 12.3 Å². The zero-order valence-corrected chi connectivity index (χ0v) is 6.11. The van der Waals surface area contributed by atoms with Crippen molar-refractivity contribution >= 4 is 0 Å². The van der Waals surface area contributed by atoms with Crippen LogP contribution in [0.4, 0.5) is 17.6 Å². The van der Waals surface area contributed by atoms with E-state index in [1.807, 2.05) is 0 Å². The number of phenols is 1. The summed E-state index contributed by atoms with van der Waals surface area (Å²) < 4.78 is 45.8. The van der Waals surface area contributed by atoms with Crippen LogP contribution in [0.5, 0.6) is 5.75 Å². The minimum atomic E-state index is -1.56. The minimum Gasteiger partial charge on any atom is -0.503 e. The van der Waals surface area contributed by atoms with Gasteiger partial charge in [0, 0.05) is 0 Å². The van der Waals surface area contributed by atoms with Crippen molar-refractivity contribution in [2.75, 3.05) is 7.18 Å². The first-order chi connectivity index (χ1) is 5.63. The summed E-state index contributed by atoms with van der Waals surface area (Å²) in [5, 5.41) is 8.40. The van der Waals surface area contributed by atoms with Crippen LogP contribution in [0.3, 0.4) is 0 Å². The zero-order chi connectivity index (χ0) is 9.72. The molecule has 0 aliphatic carbocycles. The molecule has 5 heteroatoms. The highest BCUT2D eigenvalue weighted by molar-refractivity contribution is 5.25. The van der Waals surface area contributed by atoms with Crippen molar-refractivity contribution in [3.8, 4) is 5.75 Å². The largest absolute Gasteiger partial charge is 0.503 e. The summed E-state index contributed by atoms with van der Waals surface area (Å²) >= 11 is 0. The van der Waals surface area contributed by atoms with Crippen LogP contribution >= 0.6 is 0 Å². The summed E-state index contributed by atoms with van der Waals surface area (Å²) in [6.07, 6.45) is 0. The monoisotopic (exact) mass is 182 g/mol. The summed E-state index contributed by atoms with van der Waals surface area (Å²) in [5.41, 5.74) is 0. The molecule has 0 saturated heterocycles. The van der Waals surface area contributed by atoms with Gasteiger partial charge >= 0.3 is 0 Å². The van der Waals surface area contributed by atoms with Gasteiger partial charge in [-0.3, -0.25) is 4.39 Å². The Morgan fingerprint density at radius 1 is 1.00 bits per heavy atom. The third-order valence-corrected chi connectivity index (χ3v) is 1.02. The number of benzene rings is 1. The van der Waals surface area contributed by atoms with Gasteiger partial charge in [-0.15, -0.1) is 0 Å². The molecule has 1 rings (SSSR count). The van der Waals surface area contributed by atoms with Gasteiger partial charge in [-0.1, -0.05) is 0 Å². The van der Waals surface area contributed by atoms with E-state index in [2.05, 4.69) is 0 Å². The van der Waals surface area contributed by atoms with Crippen molar-refractivity contribution < 1.29 is 22.7 Å². The van der Waals surface area contributed by atoms with Crippen LogP contribution in [0, 0.1) is 17.5 Å². The van der Waals surface area contributed by atoms with E-state index in [0.717, 1.165) is 0 Å². The molecular formula is C7H6F4O. The molecule has 68 valence electrons. The quantitative estimate of drug-likeness (QED) is 0.482. The Balaban J connectivity index is 0.000000561. The lowest BCUT2D eigenvalue weighted by Gasteiger charge is -1.95. The Hall–Kier alpha value is -1.26. The second-order valence-corrected chi connectivity index (χ2v) is 1.69. The van der Waals surface area contributed by atoms with Crippen LogP contribution in [0.25, 0.3) is 0 Å². The van der Waals surface area contributed by atoms with Gasteiger partial charge < -0.3 is 5.11 Å². The average molecular weight is 182 g/mol. The number of alkyl halides is 1. The van der Waals surface area contributed by atoms with E-state index in [4.69, 9.17) is 5.11 Å². The van der Waals surface area contributed by atoms with Crippen molar-refractivity contribution in [1.82, 2.24) is 0 Å². The fourth-order valence-corrected chi connectivity index (χ4v) is 0.516. The number of hydrogen-bond donors (Lipinski definition) is 1.